The lowest BCUT2D eigenvalue weighted by molar-refractivity contribution is -0.133. The molecule has 3 rings (SSSR count). The number of aliphatic hydroxyl groups excluding tert-OH is 1. The molecule has 18 heavy (non-hydrogen) atoms. The highest BCUT2D eigenvalue weighted by molar-refractivity contribution is 5.79. The molecule has 2 aromatic rings. The molecule has 1 aliphatic heterocycles. The fourth-order valence-corrected chi connectivity index (χ4v) is 2.50. The number of H-pyrrole nitrogens is 1. The van der Waals surface area contributed by atoms with E-state index >= 15 is 0 Å². The molecule has 6 nitrogen and oxygen atoms in total. The Kier molecular flexibility index (Phi) is 2.71. The molecule has 2 aromatic heterocycles. The molecule has 1 atom stereocenters. The zero-order chi connectivity index (χ0) is 12.5. The maximum atomic E-state index is 11.4. The van der Waals surface area contributed by atoms with E-state index in [1.165, 1.54) is 0 Å². The number of hydrogen-bond donors (Lipinski definition) is 2. The van der Waals surface area contributed by atoms with E-state index in [1.54, 1.807) is 11.1 Å². The number of fused-ring (bicyclic) bond motifs is 1. The van der Waals surface area contributed by atoms with Crippen molar-refractivity contribution in [1.29, 1.82) is 0 Å². The standard InChI is InChI=1S/C12H14N4O2/c17-7-10(18)16-5-3-8(6-16)11-9-2-1-4-13-12(9)15-14-11/h1-2,4,8,17H,3,5-7H2,(H,13,14,15)/t8-/m1/s1. The van der Waals surface area contributed by atoms with Crippen molar-refractivity contribution in [3.05, 3.63) is 24.0 Å². The number of aromatic nitrogens is 3. The summed E-state index contributed by atoms with van der Waals surface area (Å²) >= 11 is 0. The summed E-state index contributed by atoms with van der Waals surface area (Å²) in [5.74, 6) is 0.0362. The minimum absolute atomic E-state index is 0.209. The number of hydrogen-bond acceptors (Lipinski definition) is 4. The summed E-state index contributed by atoms with van der Waals surface area (Å²) in [4.78, 5) is 17.3. The topological polar surface area (TPSA) is 82.1 Å². The molecule has 6 heteroatoms. The van der Waals surface area contributed by atoms with Crippen molar-refractivity contribution in [2.75, 3.05) is 19.7 Å². The van der Waals surface area contributed by atoms with Gasteiger partial charge in [-0.3, -0.25) is 9.89 Å². The normalized spacial score (nSPS) is 19.6. The van der Waals surface area contributed by atoms with Crippen molar-refractivity contribution in [3.63, 3.8) is 0 Å². The first-order valence-electron chi connectivity index (χ1n) is 5.97. The van der Waals surface area contributed by atoms with E-state index in [2.05, 4.69) is 15.2 Å². The Balaban J connectivity index is 1.86. The van der Waals surface area contributed by atoms with Crippen LogP contribution < -0.4 is 0 Å². The maximum Gasteiger partial charge on any atom is 0.248 e. The summed E-state index contributed by atoms with van der Waals surface area (Å²) in [6, 6.07) is 3.87. The van der Waals surface area contributed by atoms with Gasteiger partial charge >= 0.3 is 0 Å². The van der Waals surface area contributed by atoms with Crippen LogP contribution in [0.2, 0.25) is 0 Å². The number of rotatable bonds is 2. The van der Waals surface area contributed by atoms with Crippen LogP contribution in [-0.4, -0.2) is 50.8 Å². The van der Waals surface area contributed by atoms with Gasteiger partial charge in [0.2, 0.25) is 5.91 Å². The number of likely N-dealkylation sites (tertiary alicyclic amines) is 1. The Morgan fingerprint density at radius 2 is 2.50 bits per heavy atom. The summed E-state index contributed by atoms with van der Waals surface area (Å²) in [5.41, 5.74) is 1.74. The number of aliphatic hydroxyl groups is 1. The van der Waals surface area contributed by atoms with Gasteiger partial charge in [0, 0.05) is 36.3 Å². The molecule has 1 fully saturated rings. The van der Waals surface area contributed by atoms with Crippen molar-refractivity contribution in [3.8, 4) is 0 Å². The summed E-state index contributed by atoms with van der Waals surface area (Å²) in [6.45, 7) is 0.897. The molecule has 94 valence electrons. The summed E-state index contributed by atoms with van der Waals surface area (Å²) in [5, 5.41) is 17.1. The quantitative estimate of drug-likeness (QED) is 0.796. The Hall–Kier alpha value is -1.95. The molecular formula is C12H14N4O2. The monoisotopic (exact) mass is 246 g/mol. The molecule has 0 bridgehead atoms. The highest BCUT2D eigenvalue weighted by atomic mass is 16.3. The Labute approximate surface area is 104 Å². The number of amides is 1. The first-order chi connectivity index (χ1) is 8.79. The molecule has 0 aliphatic carbocycles. The lowest BCUT2D eigenvalue weighted by Gasteiger charge is -2.14. The second-order valence-electron chi connectivity index (χ2n) is 4.50. The van der Waals surface area contributed by atoms with Gasteiger partial charge in [-0.05, 0) is 18.6 Å². The van der Waals surface area contributed by atoms with Crippen molar-refractivity contribution < 1.29 is 9.90 Å². The highest BCUT2D eigenvalue weighted by Crippen LogP contribution is 2.29. The van der Waals surface area contributed by atoms with E-state index in [-0.39, 0.29) is 11.8 Å². The molecule has 1 saturated heterocycles. The van der Waals surface area contributed by atoms with E-state index < -0.39 is 6.61 Å². The maximum absolute atomic E-state index is 11.4. The molecule has 3 heterocycles. The Morgan fingerprint density at radius 1 is 1.61 bits per heavy atom. The number of carbonyl (C=O) groups is 1. The van der Waals surface area contributed by atoms with Crippen molar-refractivity contribution in [2.24, 2.45) is 0 Å². The van der Waals surface area contributed by atoms with Gasteiger partial charge in [-0.2, -0.15) is 5.10 Å². The third-order valence-electron chi connectivity index (χ3n) is 3.44. The van der Waals surface area contributed by atoms with Crippen molar-refractivity contribution in [2.45, 2.75) is 12.3 Å². The lowest BCUT2D eigenvalue weighted by Crippen LogP contribution is -2.30. The second-order valence-corrected chi connectivity index (χ2v) is 4.50. The van der Waals surface area contributed by atoms with E-state index in [1.807, 2.05) is 12.1 Å². The zero-order valence-corrected chi connectivity index (χ0v) is 9.83. The van der Waals surface area contributed by atoms with Crippen LogP contribution in [0, 0.1) is 0 Å². The van der Waals surface area contributed by atoms with Crippen LogP contribution in [0.25, 0.3) is 11.0 Å². The van der Waals surface area contributed by atoms with Gasteiger partial charge in [-0.15, -0.1) is 0 Å². The average Bonchev–Trinajstić information content (AvgIpc) is 3.03. The predicted molar refractivity (Wildman–Crippen MR) is 64.9 cm³/mol. The highest BCUT2D eigenvalue weighted by Gasteiger charge is 2.29. The van der Waals surface area contributed by atoms with Gasteiger partial charge in [0.1, 0.15) is 6.61 Å². The molecule has 0 aromatic carbocycles. The van der Waals surface area contributed by atoms with Crippen molar-refractivity contribution in [1.82, 2.24) is 20.1 Å². The van der Waals surface area contributed by atoms with E-state index in [0.29, 0.717) is 18.7 Å². The largest absolute Gasteiger partial charge is 0.387 e. The minimum atomic E-state index is -0.419. The van der Waals surface area contributed by atoms with Gasteiger partial charge in [0.15, 0.2) is 5.65 Å². The first-order valence-corrected chi connectivity index (χ1v) is 5.97. The Bertz CT molecular complexity index is 580. The van der Waals surface area contributed by atoms with Gasteiger partial charge in [-0.1, -0.05) is 0 Å². The van der Waals surface area contributed by atoms with Crippen LogP contribution in [0.5, 0.6) is 0 Å². The zero-order valence-electron chi connectivity index (χ0n) is 9.83. The molecule has 1 amide bonds. The third-order valence-corrected chi connectivity index (χ3v) is 3.44. The molecule has 0 spiro atoms. The Morgan fingerprint density at radius 3 is 3.33 bits per heavy atom. The number of aromatic amines is 1. The van der Waals surface area contributed by atoms with Gasteiger partial charge in [0.05, 0.1) is 0 Å². The minimum Gasteiger partial charge on any atom is -0.387 e. The van der Waals surface area contributed by atoms with Gasteiger partial charge in [-0.25, -0.2) is 4.98 Å². The van der Waals surface area contributed by atoms with Crippen LogP contribution in [0.1, 0.15) is 18.0 Å². The molecule has 0 saturated carbocycles. The molecule has 0 unspecified atom stereocenters. The fraction of sp³-hybridized carbons (Fsp3) is 0.417. The summed E-state index contributed by atoms with van der Waals surface area (Å²) < 4.78 is 0. The van der Waals surface area contributed by atoms with E-state index in [0.717, 1.165) is 17.5 Å². The van der Waals surface area contributed by atoms with Crippen molar-refractivity contribution >= 4 is 16.9 Å². The fourth-order valence-electron chi connectivity index (χ4n) is 2.50. The molecule has 0 radical (unpaired) electrons. The van der Waals surface area contributed by atoms with Crippen LogP contribution >= 0.6 is 0 Å². The molecule has 2 N–H and O–H groups in total. The van der Waals surface area contributed by atoms with Gasteiger partial charge < -0.3 is 10.0 Å². The van der Waals surface area contributed by atoms with Crippen LogP contribution in [-0.2, 0) is 4.79 Å². The number of nitrogens with zero attached hydrogens (tertiary/aromatic N) is 3. The average molecular weight is 246 g/mol. The van der Waals surface area contributed by atoms with Crippen LogP contribution in [0.15, 0.2) is 18.3 Å². The van der Waals surface area contributed by atoms with Crippen LogP contribution in [0.3, 0.4) is 0 Å². The molecule has 1 aliphatic rings. The summed E-state index contributed by atoms with van der Waals surface area (Å²) in [7, 11) is 0. The molecular weight excluding hydrogens is 232 g/mol. The number of carbonyl (C=O) groups excluding carboxylic acids is 1. The smallest absolute Gasteiger partial charge is 0.248 e. The van der Waals surface area contributed by atoms with Crippen LogP contribution in [0.4, 0.5) is 0 Å². The second kappa shape index (κ2) is 4.38. The summed E-state index contributed by atoms with van der Waals surface area (Å²) in [6.07, 6.45) is 2.60. The van der Waals surface area contributed by atoms with Gasteiger partial charge in [0.25, 0.3) is 0 Å². The first kappa shape index (κ1) is 11.2. The number of pyridine rings is 1. The SMILES string of the molecule is O=C(CO)N1CC[C@@H](c2[nH]nc3ncccc23)C1. The predicted octanol–water partition coefficient (Wildman–Crippen LogP) is 0.266. The van der Waals surface area contributed by atoms with E-state index in [9.17, 15) is 4.79 Å². The third kappa shape index (κ3) is 1.74. The number of nitrogens with one attached hydrogen (secondary N) is 1. The lowest BCUT2D eigenvalue weighted by atomic mass is 10.0. The van der Waals surface area contributed by atoms with E-state index in [4.69, 9.17) is 5.11 Å².